The van der Waals surface area contributed by atoms with Crippen LogP contribution in [0.3, 0.4) is 0 Å². The molecule has 2 rings (SSSR count). The standard InChI is InChI=1S/C14H17ClN4O/c1-3-6-17-13-8-16-9-14(19-13)18-10-4-5-11(15)12(7-10)20-2/h4-5,7-9H,3,6H2,1-2H3,(H2,17,18,19). The third-order valence-corrected chi connectivity index (χ3v) is 2.93. The van der Waals surface area contributed by atoms with E-state index in [0.29, 0.717) is 16.6 Å². The van der Waals surface area contributed by atoms with Crippen LogP contribution in [-0.4, -0.2) is 23.6 Å². The van der Waals surface area contributed by atoms with Crippen molar-refractivity contribution in [1.82, 2.24) is 9.97 Å². The quantitative estimate of drug-likeness (QED) is 0.850. The molecule has 0 amide bonds. The molecule has 1 heterocycles. The second-order valence-corrected chi connectivity index (χ2v) is 4.60. The van der Waals surface area contributed by atoms with Gasteiger partial charge >= 0.3 is 0 Å². The van der Waals surface area contributed by atoms with Gasteiger partial charge in [-0.25, -0.2) is 4.98 Å². The zero-order chi connectivity index (χ0) is 14.4. The highest BCUT2D eigenvalue weighted by atomic mass is 35.5. The predicted octanol–water partition coefficient (Wildman–Crippen LogP) is 3.70. The summed E-state index contributed by atoms with van der Waals surface area (Å²) in [5, 5.41) is 6.93. The van der Waals surface area contributed by atoms with Crippen molar-refractivity contribution < 1.29 is 4.74 Å². The van der Waals surface area contributed by atoms with Crippen LogP contribution >= 0.6 is 11.6 Å². The molecule has 1 aromatic carbocycles. The summed E-state index contributed by atoms with van der Waals surface area (Å²) in [4.78, 5) is 8.57. The molecule has 6 heteroatoms. The predicted molar refractivity (Wildman–Crippen MR) is 82.1 cm³/mol. The Balaban J connectivity index is 2.13. The molecule has 0 fully saturated rings. The molecule has 0 aliphatic rings. The van der Waals surface area contributed by atoms with Crippen molar-refractivity contribution in [1.29, 1.82) is 0 Å². The molecular weight excluding hydrogens is 276 g/mol. The van der Waals surface area contributed by atoms with Crippen molar-refractivity contribution in [3.8, 4) is 5.75 Å². The highest BCUT2D eigenvalue weighted by molar-refractivity contribution is 6.32. The molecule has 0 spiro atoms. The minimum atomic E-state index is 0.572. The summed E-state index contributed by atoms with van der Waals surface area (Å²) in [6, 6.07) is 5.45. The van der Waals surface area contributed by atoms with Gasteiger partial charge in [-0.2, -0.15) is 0 Å². The van der Waals surface area contributed by atoms with E-state index < -0.39 is 0 Å². The fourth-order valence-electron chi connectivity index (χ4n) is 1.65. The molecule has 0 aliphatic heterocycles. The van der Waals surface area contributed by atoms with Crippen molar-refractivity contribution in [3.05, 3.63) is 35.6 Å². The van der Waals surface area contributed by atoms with Crippen LogP contribution in [0.1, 0.15) is 13.3 Å². The normalized spacial score (nSPS) is 10.2. The number of nitrogens with one attached hydrogen (secondary N) is 2. The number of halogens is 1. The highest BCUT2D eigenvalue weighted by Gasteiger charge is 2.04. The number of hydrogen-bond acceptors (Lipinski definition) is 5. The van der Waals surface area contributed by atoms with Crippen molar-refractivity contribution in [2.24, 2.45) is 0 Å². The fraction of sp³-hybridized carbons (Fsp3) is 0.286. The summed E-state index contributed by atoms with van der Waals surface area (Å²) in [6.45, 7) is 2.97. The summed E-state index contributed by atoms with van der Waals surface area (Å²) in [6.07, 6.45) is 4.40. The highest BCUT2D eigenvalue weighted by Crippen LogP contribution is 2.28. The van der Waals surface area contributed by atoms with Gasteiger partial charge in [-0.3, -0.25) is 4.98 Å². The molecule has 5 nitrogen and oxygen atoms in total. The van der Waals surface area contributed by atoms with Crippen molar-refractivity contribution >= 4 is 28.9 Å². The molecule has 0 saturated heterocycles. The minimum Gasteiger partial charge on any atom is -0.495 e. The Kier molecular flexibility index (Phi) is 5.01. The van der Waals surface area contributed by atoms with E-state index in [9.17, 15) is 0 Å². The van der Waals surface area contributed by atoms with Crippen LogP contribution in [0.2, 0.25) is 5.02 Å². The van der Waals surface area contributed by atoms with Crippen LogP contribution in [0.15, 0.2) is 30.6 Å². The van der Waals surface area contributed by atoms with Crippen LogP contribution in [0, 0.1) is 0 Å². The van der Waals surface area contributed by atoms with E-state index in [0.717, 1.165) is 24.5 Å². The zero-order valence-corrected chi connectivity index (χ0v) is 12.2. The van der Waals surface area contributed by atoms with Crippen LogP contribution in [-0.2, 0) is 0 Å². The zero-order valence-electron chi connectivity index (χ0n) is 11.5. The molecule has 1 aromatic heterocycles. The number of nitrogens with zero attached hydrogens (tertiary/aromatic N) is 2. The fourth-order valence-corrected chi connectivity index (χ4v) is 1.84. The van der Waals surface area contributed by atoms with Gasteiger partial charge in [0, 0.05) is 18.3 Å². The number of rotatable bonds is 6. The third-order valence-electron chi connectivity index (χ3n) is 2.61. The van der Waals surface area contributed by atoms with Gasteiger partial charge in [-0.05, 0) is 18.6 Å². The molecule has 0 bridgehead atoms. The first-order valence-electron chi connectivity index (χ1n) is 6.39. The lowest BCUT2D eigenvalue weighted by Crippen LogP contribution is -2.04. The second-order valence-electron chi connectivity index (χ2n) is 4.19. The Morgan fingerprint density at radius 1 is 1.25 bits per heavy atom. The number of benzene rings is 1. The van der Waals surface area contributed by atoms with E-state index in [1.54, 1.807) is 25.6 Å². The summed E-state index contributed by atoms with van der Waals surface area (Å²) in [5.41, 5.74) is 0.841. The number of aromatic nitrogens is 2. The Labute approximate surface area is 123 Å². The summed E-state index contributed by atoms with van der Waals surface area (Å²) in [7, 11) is 1.58. The summed E-state index contributed by atoms with van der Waals surface area (Å²) in [5.74, 6) is 2.03. The van der Waals surface area contributed by atoms with Crippen molar-refractivity contribution in [2.45, 2.75) is 13.3 Å². The molecule has 0 atom stereocenters. The van der Waals surface area contributed by atoms with Gasteiger partial charge in [0.05, 0.1) is 24.5 Å². The molecule has 106 valence electrons. The average Bonchev–Trinajstić information content (AvgIpc) is 2.47. The smallest absolute Gasteiger partial charge is 0.151 e. The van der Waals surface area contributed by atoms with Crippen LogP contribution in [0.25, 0.3) is 0 Å². The molecule has 0 aliphatic carbocycles. The number of hydrogen-bond donors (Lipinski definition) is 2. The van der Waals surface area contributed by atoms with Crippen molar-refractivity contribution in [3.63, 3.8) is 0 Å². The molecule has 0 radical (unpaired) electrons. The van der Waals surface area contributed by atoms with Gasteiger partial charge in [-0.15, -0.1) is 0 Å². The first-order chi connectivity index (χ1) is 9.72. The third kappa shape index (κ3) is 3.74. The molecular formula is C14H17ClN4O. The molecule has 20 heavy (non-hydrogen) atoms. The monoisotopic (exact) mass is 292 g/mol. The van der Waals surface area contributed by atoms with E-state index >= 15 is 0 Å². The SMILES string of the molecule is CCCNc1cncc(Nc2ccc(Cl)c(OC)c2)n1. The summed E-state index contributed by atoms with van der Waals surface area (Å²) < 4.78 is 5.18. The number of methoxy groups -OCH3 is 1. The van der Waals surface area contributed by atoms with Crippen LogP contribution in [0.5, 0.6) is 5.75 Å². The Morgan fingerprint density at radius 3 is 2.80 bits per heavy atom. The van der Waals surface area contributed by atoms with Gasteiger partial charge < -0.3 is 15.4 Å². The van der Waals surface area contributed by atoms with Crippen LogP contribution in [0.4, 0.5) is 17.3 Å². The van der Waals surface area contributed by atoms with E-state index in [1.807, 2.05) is 12.1 Å². The lowest BCUT2D eigenvalue weighted by molar-refractivity contribution is 0.415. The maximum Gasteiger partial charge on any atom is 0.151 e. The summed E-state index contributed by atoms with van der Waals surface area (Å²) >= 11 is 5.99. The Morgan fingerprint density at radius 2 is 2.05 bits per heavy atom. The lowest BCUT2D eigenvalue weighted by Gasteiger charge is -2.10. The second kappa shape index (κ2) is 6.96. The van der Waals surface area contributed by atoms with E-state index in [-0.39, 0.29) is 0 Å². The molecule has 2 aromatic rings. The topological polar surface area (TPSA) is 59.1 Å². The molecule has 0 saturated carbocycles. The largest absolute Gasteiger partial charge is 0.495 e. The maximum atomic E-state index is 5.99. The van der Waals surface area contributed by atoms with Crippen molar-refractivity contribution in [2.75, 3.05) is 24.3 Å². The first kappa shape index (κ1) is 14.4. The number of anilines is 3. The van der Waals surface area contributed by atoms with Gasteiger partial charge in [0.25, 0.3) is 0 Å². The van der Waals surface area contributed by atoms with Gasteiger partial charge in [0.2, 0.25) is 0 Å². The Hall–Kier alpha value is -2.01. The minimum absolute atomic E-state index is 0.572. The van der Waals surface area contributed by atoms with Gasteiger partial charge in [0.1, 0.15) is 11.6 Å². The van der Waals surface area contributed by atoms with E-state index in [4.69, 9.17) is 16.3 Å². The van der Waals surface area contributed by atoms with Gasteiger partial charge in [0.15, 0.2) is 5.82 Å². The molecule has 0 unspecified atom stereocenters. The average molecular weight is 293 g/mol. The Bertz CT molecular complexity index is 577. The van der Waals surface area contributed by atoms with Crippen LogP contribution < -0.4 is 15.4 Å². The number of ether oxygens (including phenoxy) is 1. The van der Waals surface area contributed by atoms with E-state index in [1.165, 1.54) is 0 Å². The lowest BCUT2D eigenvalue weighted by atomic mass is 10.3. The molecule has 2 N–H and O–H groups in total. The van der Waals surface area contributed by atoms with Gasteiger partial charge in [-0.1, -0.05) is 18.5 Å². The maximum absolute atomic E-state index is 5.99. The van der Waals surface area contributed by atoms with E-state index in [2.05, 4.69) is 27.5 Å². The first-order valence-corrected chi connectivity index (χ1v) is 6.77.